The highest BCUT2D eigenvalue weighted by molar-refractivity contribution is 7.92. The molecular formula is C26H33Cl2N3O6S. The number of fused-ring (bicyclic) bond motifs is 1. The Morgan fingerprint density at radius 1 is 1.05 bits per heavy atom. The zero-order valence-electron chi connectivity index (χ0n) is 22.1. The van der Waals surface area contributed by atoms with Crippen LogP contribution in [0.5, 0.6) is 11.5 Å². The third kappa shape index (κ3) is 7.24. The Bertz CT molecular complexity index is 1300. The first-order chi connectivity index (χ1) is 17.8. The van der Waals surface area contributed by atoms with Gasteiger partial charge in [0.2, 0.25) is 28.6 Å². The molecule has 38 heavy (non-hydrogen) atoms. The molecule has 0 spiro atoms. The fraction of sp³-hybridized carbons (Fsp3) is 0.462. The van der Waals surface area contributed by atoms with Crippen molar-refractivity contribution >= 4 is 50.7 Å². The molecule has 3 rings (SSSR count). The SMILES string of the molecule is CCC(C(=O)NC(C)(C)C)N(Cc1ccc(Cl)cc1Cl)C(=O)CN(c1ccc2c(c1)OCO2)S(=O)(=O)CC. The number of halogens is 2. The summed E-state index contributed by atoms with van der Waals surface area (Å²) in [5.41, 5.74) is 0.279. The number of ether oxygens (including phenoxy) is 2. The Balaban J connectivity index is 2.01. The number of sulfonamides is 1. The van der Waals surface area contributed by atoms with E-state index in [0.717, 1.165) is 4.31 Å². The topological polar surface area (TPSA) is 105 Å². The number of rotatable bonds is 10. The van der Waals surface area contributed by atoms with Crippen molar-refractivity contribution in [3.8, 4) is 11.5 Å². The molecular weight excluding hydrogens is 553 g/mol. The van der Waals surface area contributed by atoms with E-state index in [-0.39, 0.29) is 30.7 Å². The van der Waals surface area contributed by atoms with Crippen molar-refractivity contribution in [2.45, 2.75) is 59.2 Å². The van der Waals surface area contributed by atoms with Gasteiger partial charge in [-0.2, -0.15) is 0 Å². The summed E-state index contributed by atoms with van der Waals surface area (Å²) in [7, 11) is -3.88. The van der Waals surface area contributed by atoms with Gasteiger partial charge >= 0.3 is 0 Å². The van der Waals surface area contributed by atoms with Crippen LogP contribution in [0, 0.1) is 0 Å². The first kappa shape index (κ1) is 29.9. The fourth-order valence-corrected chi connectivity index (χ4v) is 5.49. The van der Waals surface area contributed by atoms with E-state index in [1.165, 1.54) is 17.9 Å². The van der Waals surface area contributed by atoms with Gasteiger partial charge in [0.15, 0.2) is 11.5 Å². The average molecular weight is 587 g/mol. The maximum Gasteiger partial charge on any atom is 0.244 e. The van der Waals surface area contributed by atoms with Gasteiger partial charge in [-0.05, 0) is 63.9 Å². The maximum atomic E-state index is 13.9. The number of carbonyl (C=O) groups is 2. The highest BCUT2D eigenvalue weighted by Gasteiger charge is 2.34. The molecule has 2 amide bonds. The second-order valence-corrected chi connectivity index (χ2v) is 12.9. The lowest BCUT2D eigenvalue weighted by Gasteiger charge is -2.35. The first-order valence-electron chi connectivity index (χ1n) is 12.2. The van der Waals surface area contributed by atoms with Crippen molar-refractivity contribution < 1.29 is 27.5 Å². The van der Waals surface area contributed by atoms with E-state index in [1.54, 1.807) is 37.3 Å². The summed E-state index contributed by atoms with van der Waals surface area (Å²) in [6, 6.07) is 8.66. The van der Waals surface area contributed by atoms with Crippen LogP contribution in [0.1, 0.15) is 46.6 Å². The molecule has 1 atom stereocenters. The first-order valence-corrected chi connectivity index (χ1v) is 14.6. The van der Waals surface area contributed by atoms with Crippen LogP contribution in [0.25, 0.3) is 0 Å². The fourth-order valence-electron chi connectivity index (χ4n) is 3.97. The summed E-state index contributed by atoms with van der Waals surface area (Å²) in [5, 5.41) is 3.68. The molecule has 0 aliphatic carbocycles. The van der Waals surface area contributed by atoms with E-state index >= 15 is 0 Å². The highest BCUT2D eigenvalue weighted by Crippen LogP contribution is 2.36. The summed E-state index contributed by atoms with van der Waals surface area (Å²) in [4.78, 5) is 28.5. The Morgan fingerprint density at radius 2 is 1.74 bits per heavy atom. The lowest BCUT2D eigenvalue weighted by molar-refractivity contribution is -0.141. The van der Waals surface area contributed by atoms with E-state index in [1.807, 2.05) is 20.8 Å². The molecule has 0 saturated heterocycles. The van der Waals surface area contributed by atoms with Crippen LogP contribution in [0.15, 0.2) is 36.4 Å². The molecule has 0 fully saturated rings. The average Bonchev–Trinajstić information content (AvgIpc) is 3.30. The molecule has 12 heteroatoms. The number of nitrogens with zero attached hydrogens (tertiary/aromatic N) is 2. The number of nitrogens with one attached hydrogen (secondary N) is 1. The maximum absolute atomic E-state index is 13.9. The second kappa shape index (κ2) is 12.0. The molecule has 1 N–H and O–H groups in total. The summed E-state index contributed by atoms with van der Waals surface area (Å²) >= 11 is 12.5. The van der Waals surface area contributed by atoms with E-state index in [2.05, 4.69) is 5.32 Å². The van der Waals surface area contributed by atoms with Gasteiger partial charge in [0.1, 0.15) is 12.6 Å². The molecule has 208 valence electrons. The van der Waals surface area contributed by atoms with Gasteiger partial charge in [-0.3, -0.25) is 13.9 Å². The van der Waals surface area contributed by atoms with Crippen molar-refractivity contribution in [1.82, 2.24) is 10.2 Å². The monoisotopic (exact) mass is 585 g/mol. The number of carbonyl (C=O) groups excluding carboxylic acids is 2. The lowest BCUT2D eigenvalue weighted by atomic mass is 10.1. The molecule has 1 heterocycles. The minimum absolute atomic E-state index is 0.0218. The number of hydrogen-bond acceptors (Lipinski definition) is 6. The highest BCUT2D eigenvalue weighted by atomic mass is 35.5. The summed E-state index contributed by atoms with van der Waals surface area (Å²) < 4.78 is 38.0. The predicted molar refractivity (Wildman–Crippen MR) is 148 cm³/mol. The van der Waals surface area contributed by atoms with Crippen molar-refractivity contribution in [2.75, 3.05) is 23.4 Å². The minimum Gasteiger partial charge on any atom is -0.454 e. The molecule has 9 nitrogen and oxygen atoms in total. The minimum atomic E-state index is -3.88. The Morgan fingerprint density at radius 3 is 2.34 bits per heavy atom. The Hall–Kier alpha value is -2.69. The molecule has 0 bridgehead atoms. The number of anilines is 1. The van der Waals surface area contributed by atoms with Gasteiger partial charge in [-0.25, -0.2) is 8.42 Å². The molecule has 1 aliphatic rings. The molecule has 0 aromatic heterocycles. The molecule has 2 aromatic carbocycles. The Labute approximate surface area is 234 Å². The third-order valence-corrected chi connectivity index (χ3v) is 8.19. The predicted octanol–water partition coefficient (Wildman–Crippen LogP) is 4.60. The molecule has 1 aliphatic heterocycles. The lowest BCUT2D eigenvalue weighted by Crippen LogP contribution is -2.55. The zero-order valence-corrected chi connectivity index (χ0v) is 24.4. The van der Waals surface area contributed by atoms with Crippen LogP contribution < -0.4 is 19.1 Å². The van der Waals surface area contributed by atoms with Crippen molar-refractivity contribution in [3.05, 3.63) is 52.0 Å². The second-order valence-electron chi connectivity index (χ2n) is 9.87. The quantitative estimate of drug-likeness (QED) is 0.437. The molecule has 0 radical (unpaired) electrons. The van der Waals surface area contributed by atoms with Crippen LogP contribution in [0.2, 0.25) is 10.0 Å². The van der Waals surface area contributed by atoms with Gasteiger partial charge < -0.3 is 19.7 Å². The van der Waals surface area contributed by atoms with E-state index in [0.29, 0.717) is 33.5 Å². The van der Waals surface area contributed by atoms with Crippen LogP contribution in [0.4, 0.5) is 5.69 Å². The smallest absolute Gasteiger partial charge is 0.244 e. The zero-order chi connectivity index (χ0) is 28.3. The summed E-state index contributed by atoms with van der Waals surface area (Å²) in [5.74, 6) is -0.294. The summed E-state index contributed by atoms with van der Waals surface area (Å²) in [6.45, 7) is 8.28. The molecule has 1 unspecified atom stereocenters. The van der Waals surface area contributed by atoms with Gasteiger partial charge in [0, 0.05) is 28.2 Å². The van der Waals surface area contributed by atoms with Gasteiger partial charge in [-0.15, -0.1) is 0 Å². The third-order valence-electron chi connectivity index (χ3n) is 5.86. The van der Waals surface area contributed by atoms with Crippen molar-refractivity contribution in [2.24, 2.45) is 0 Å². The van der Waals surface area contributed by atoms with E-state index < -0.39 is 34.1 Å². The number of hydrogen-bond donors (Lipinski definition) is 1. The standard InChI is InChI=1S/C26H33Cl2N3O6S/c1-6-21(25(33)29-26(3,4)5)30(14-17-8-9-18(27)12-20(17)28)24(32)15-31(38(34,35)7-2)19-10-11-22-23(13-19)37-16-36-22/h8-13,21H,6-7,14-16H2,1-5H3,(H,29,33). The van der Waals surface area contributed by atoms with Crippen LogP contribution in [-0.2, 0) is 26.2 Å². The van der Waals surface area contributed by atoms with Crippen molar-refractivity contribution in [1.29, 1.82) is 0 Å². The number of benzene rings is 2. The van der Waals surface area contributed by atoms with Crippen LogP contribution in [-0.4, -0.2) is 55.8 Å². The molecule has 0 saturated carbocycles. The largest absolute Gasteiger partial charge is 0.454 e. The Kier molecular flexibility index (Phi) is 9.43. The van der Waals surface area contributed by atoms with E-state index in [9.17, 15) is 18.0 Å². The van der Waals surface area contributed by atoms with Crippen LogP contribution in [0.3, 0.4) is 0 Å². The van der Waals surface area contributed by atoms with Gasteiger partial charge in [0.25, 0.3) is 0 Å². The van der Waals surface area contributed by atoms with Crippen LogP contribution >= 0.6 is 23.2 Å². The number of amides is 2. The van der Waals surface area contributed by atoms with Crippen molar-refractivity contribution in [3.63, 3.8) is 0 Å². The van der Waals surface area contributed by atoms with E-state index in [4.69, 9.17) is 32.7 Å². The van der Waals surface area contributed by atoms with Gasteiger partial charge in [0.05, 0.1) is 11.4 Å². The van der Waals surface area contributed by atoms with Gasteiger partial charge in [-0.1, -0.05) is 36.2 Å². The molecule has 2 aromatic rings. The normalized spacial score (nSPS) is 13.7. The summed E-state index contributed by atoms with van der Waals surface area (Å²) in [6.07, 6.45) is 0.295.